The molecule has 0 atom stereocenters. The summed E-state index contributed by atoms with van der Waals surface area (Å²) >= 11 is 3.43. The van der Waals surface area contributed by atoms with E-state index in [1.54, 1.807) is 0 Å². The van der Waals surface area contributed by atoms with Gasteiger partial charge in [0.25, 0.3) is 0 Å². The predicted molar refractivity (Wildman–Crippen MR) is 110 cm³/mol. The van der Waals surface area contributed by atoms with Crippen molar-refractivity contribution in [3.8, 4) is 11.5 Å². The van der Waals surface area contributed by atoms with Gasteiger partial charge in [-0.2, -0.15) is 0 Å². The van der Waals surface area contributed by atoms with Crippen LogP contribution >= 0.6 is 15.9 Å². The van der Waals surface area contributed by atoms with Crippen LogP contribution < -0.4 is 0 Å². The summed E-state index contributed by atoms with van der Waals surface area (Å²) in [7, 11) is 0. The molecule has 26 heavy (non-hydrogen) atoms. The van der Waals surface area contributed by atoms with Crippen LogP contribution in [-0.2, 0) is 6.42 Å². The van der Waals surface area contributed by atoms with Gasteiger partial charge in [0.2, 0.25) is 5.89 Å². The molecule has 1 aromatic heterocycles. The number of rotatable bonds is 4. The van der Waals surface area contributed by atoms with E-state index in [2.05, 4.69) is 57.1 Å². The highest BCUT2D eigenvalue weighted by molar-refractivity contribution is 9.10. The molecule has 4 aromatic rings. The first-order valence-corrected chi connectivity index (χ1v) is 9.30. The summed E-state index contributed by atoms with van der Waals surface area (Å²) in [4.78, 5) is 9.12. The number of aromatic nitrogens is 1. The van der Waals surface area contributed by atoms with E-state index in [9.17, 15) is 0 Å². The van der Waals surface area contributed by atoms with Crippen LogP contribution in [0.2, 0.25) is 0 Å². The third-order valence-electron chi connectivity index (χ3n) is 4.21. The Morgan fingerprint density at radius 1 is 1.00 bits per heavy atom. The first-order chi connectivity index (χ1) is 12.7. The minimum atomic E-state index is 0.636. The first-order valence-electron chi connectivity index (χ1n) is 8.51. The van der Waals surface area contributed by atoms with Gasteiger partial charge in [0, 0.05) is 22.3 Å². The fourth-order valence-corrected chi connectivity index (χ4v) is 2.96. The number of aryl methyl sites for hydroxylation is 1. The van der Waals surface area contributed by atoms with Gasteiger partial charge in [0.1, 0.15) is 5.52 Å². The molecule has 0 radical (unpaired) electrons. The first kappa shape index (κ1) is 16.7. The van der Waals surface area contributed by atoms with Crippen molar-refractivity contribution in [3.05, 3.63) is 82.3 Å². The van der Waals surface area contributed by atoms with Gasteiger partial charge in [0.05, 0.1) is 5.69 Å². The van der Waals surface area contributed by atoms with Gasteiger partial charge >= 0.3 is 0 Å². The number of nitrogens with zero attached hydrogens (tertiary/aromatic N) is 2. The van der Waals surface area contributed by atoms with E-state index in [0.29, 0.717) is 5.89 Å². The number of halogens is 1. The maximum absolute atomic E-state index is 5.94. The highest BCUT2D eigenvalue weighted by atomic mass is 79.9. The highest BCUT2D eigenvalue weighted by Gasteiger charge is 2.08. The molecule has 3 aromatic carbocycles. The molecule has 4 heteroatoms. The smallest absolute Gasteiger partial charge is 0.227 e. The van der Waals surface area contributed by atoms with E-state index in [1.165, 1.54) is 5.56 Å². The maximum atomic E-state index is 5.94. The number of hydrogen-bond donors (Lipinski definition) is 0. The Morgan fingerprint density at radius 2 is 1.77 bits per heavy atom. The zero-order valence-electron chi connectivity index (χ0n) is 14.3. The van der Waals surface area contributed by atoms with E-state index in [4.69, 9.17) is 4.42 Å². The summed E-state index contributed by atoms with van der Waals surface area (Å²) in [5.74, 6) is 0.636. The molecule has 0 aliphatic carbocycles. The largest absolute Gasteiger partial charge is 0.436 e. The van der Waals surface area contributed by atoms with E-state index < -0.39 is 0 Å². The van der Waals surface area contributed by atoms with Gasteiger partial charge in [-0.3, -0.25) is 4.99 Å². The second-order valence-corrected chi connectivity index (χ2v) is 6.95. The number of benzene rings is 3. The zero-order chi connectivity index (χ0) is 17.9. The molecule has 0 aliphatic heterocycles. The fraction of sp³-hybridized carbons (Fsp3) is 0.0909. The van der Waals surface area contributed by atoms with Crippen LogP contribution in [0.4, 0.5) is 5.69 Å². The molecule has 0 aliphatic rings. The Bertz CT molecular complexity index is 1060. The molecule has 0 N–H and O–H groups in total. The minimum absolute atomic E-state index is 0.636. The third-order valence-corrected chi connectivity index (χ3v) is 4.74. The van der Waals surface area contributed by atoms with E-state index in [-0.39, 0.29) is 0 Å². The topological polar surface area (TPSA) is 38.4 Å². The van der Waals surface area contributed by atoms with Crippen molar-refractivity contribution < 1.29 is 4.42 Å². The quantitative estimate of drug-likeness (QED) is 0.360. The zero-order valence-corrected chi connectivity index (χ0v) is 15.9. The van der Waals surface area contributed by atoms with Crippen molar-refractivity contribution in [2.75, 3.05) is 0 Å². The van der Waals surface area contributed by atoms with Crippen LogP contribution in [-0.4, -0.2) is 11.2 Å². The van der Waals surface area contributed by atoms with Crippen molar-refractivity contribution in [1.29, 1.82) is 0 Å². The molecular weight excluding hydrogens is 388 g/mol. The summed E-state index contributed by atoms with van der Waals surface area (Å²) in [5, 5.41) is 0. The van der Waals surface area contributed by atoms with Crippen LogP contribution in [0.25, 0.3) is 22.6 Å². The molecule has 0 bridgehead atoms. The van der Waals surface area contributed by atoms with Gasteiger partial charge in [-0.1, -0.05) is 47.1 Å². The lowest BCUT2D eigenvalue weighted by molar-refractivity contribution is 0.620. The molecule has 1 heterocycles. The highest BCUT2D eigenvalue weighted by Crippen LogP contribution is 2.27. The average molecular weight is 405 g/mol. The fourth-order valence-electron chi connectivity index (χ4n) is 2.70. The molecule has 0 spiro atoms. The van der Waals surface area contributed by atoms with Crippen molar-refractivity contribution in [2.24, 2.45) is 4.99 Å². The van der Waals surface area contributed by atoms with Crippen molar-refractivity contribution in [1.82, 2.24) is 4.98 Å². The summed E-state index contributed by atoms with van der Waals surface area (Å²) in [5.41, 5.74) is 5.74. The number of oxazole rings is 1. The van der Waals surface area contributed by atoms with Crippen LogP contribution in [0.15, 0.2) is 80.6 Å². The predicted octanol–water partition coefficient (Wildman–Crippen LogP) is 6.57. The average Bonchev–Trinajstić information content (AvgIpc) is 3.11. The Kier molecular flexibility index (Phi) is 4.67. The Labute approximate surface area is 160 Å². The van der Waals surface area contributed by atoms with E-state index >= 15 is 0 Å². The Hall–Kier alpha value is -2.72. The molecule has 3 nitrogen and oxygen atoms in total. The second-order valence-electron chi connectivity index (χ2n) is 6.03. The van der Waals surface area contributed by atoms with Crippen molar-refractivity contribution in [3.63, 3.8) is 0 Å². The van der Waals surface area contributed by atoms with Crippen LogP contribution in [0.3, 0.4) is 0 Å². The molecule has 0 saturated heterocycles. The standard InChI is InChI=1S/C22H17BrN2O/c1-2-15-3-7-17(8-4-15)22-25-20-12-11-19(13-21(20)26-22)24-14-16-5-9-18(23)10-6-16/h3-14H,2H2,1H3. The monoisotopic (exact) mass is 404 g/mol. The molecular formula is C22H17BrN2O. The normalized spacial score (nSPS) is 11.5. The van der Waals surface area contributed by atoms with Crippen LogP contribution in [0, 0.1) is 0 Å². The number of hydrogen-bond acceptors (Lipinski definition) is 3. The van der Waals surface area contributed by atoms with Crippen LogP contribution in [0.1, 0.15) is 18.1 Å². The summed E-state index contributed by atoms with van der Waals surface area (Å²) in [6.45, 7) is 2.14. The van der Waals surface area contributed by atoms with E-state index in [0.717, 1.165) is 38.8 Å². The summed E-state index contributed by atoms with van der Waals surface area (Å²) in [6.07, 6.45) is 2.86. The molecule has 0 fully saturated rings. The lowest BCUT2D eigenvalue weighted by Gasteiger charge is -1.97. The third kappa shape index (κ3) is 3.60. The molecule has 0 saturated carbocycles. The van der Waals surface area contributed by atoms with Gasteiger partial charge in [-0.15, -0.1) is 0 Å². The molecule has 4 rings (SSSR count). The lowest BCUT2D eigenvalue weighted by atomic mass is 10.1. The Morgan fingerprint density at radius 3 is 2.50 bits per heavy atom. The minimum Gasteiger partial charge on any atom is -0.436 e. The second kappa shape index (κ2) is 7.26. The van der Waals surface area contributed by atoms with Crippen molar-refractivity contribution >= 4 is 38.9 Å². The number of aliphatic imine (C=N–C) groups is 1. The Balaban J connectivity index is 1.61. The van der Waals surface area contributed by atoms with Gasteiger partial charge in [-0.05, 0) is 53.9 Å². The SMILES string of the molecule is CCc1ccc(-c2nc3ccc(N=Cc4ccc(Br)cc4)cc3o2)cc1. The molecule has 0 unspecified atom stereocenters. The number of fused-ring (bicyclic) bond motifs is 1. The van der Waals surface area contributed by atoms with Gasteiger partial charge < -0.3 is 4.42 Å². The molecule has 0 amide bonds. The van der Waals surface area contributed by atoms with Gasteiger partial charge in [0.15, 0.2) is 5.58 Å². The summed E-state index contributed by atoms with van der Waals surface area (Å²) < 4.78 is 7.00. The van der Waals surface area contributed by atoms with Crippen molar-refractivity contribution in [2.45, 2.75) is 13.3 Å². The van der Waals surface area contributed by atoms with Crippen LogP contribution in [0.5, 0.6) is 0 Å². The molecule has 128 valence electrons. The van der Waals surface area contributed by atoms with E-state index in [1.807, 2.05) is 48.7 Å². The maximum Gasteiger partial charge on any atom is 0.227 e. The lowest BCUT2D eigenvalue weighted by Crippen LogP contribution is -1.81. The van der Waals surface area contributed by atoms with Gasteiger partial charge in [-0.25, -0.2) is 4.98 Å². The summed E-state index contributed by atoms with van der Waals surface area (Å²) in [6, 6.07) is 22.1.